The maximum Gasteiger partial charge on any atom is 0.105 e. The summed E-state index contributed by atoms with van der Waals surface area (Å²) in [5.41, 5.74) is 5.43. The van der Waals surface area contributed by atoms with Gasteiger partial charge in [-0.15, -0.1) is 0 Å². The molecule has 12 heavy (non-hydrogen) atoms. The Morgan fingerprint density at radius 2 is 2.00 bits per heavy atom. The fourth-order valence-electron chi connectivity index (χ4n) is 2.02. The van der Waals surface area contributed by atoms with E-state index in [1.165, 1.54) is 12.8 Å². The van der Waals surface area contributed by atoms with E-state index in [0.717, 1.165) is 25.3 Å². The van der Waals surface area contributed by atoms with E-state index in [1.807, 2.05) is 7.05 Å². The second-order valence-corrected chi connectivity index (χ2v) is 3.83. The lowest BCUT2D eigenvalue weighted by Crippen LogP contribution is -2.34. The van der Waals surface area contributed by atoms with Gasteiger partial charge in [-0.3, -0.25) is 0 Å². The topological polar surface area (TPSA) is 58.3 Å². The molecular weight excluding hydrogens is 152 g/mol. The summed E-state index contributed by atoms with van der Waals surface area (Å²) in [5.74, 6) is 1.14. The van der Waals surface area contributed by atoms with Crippen molar-refractivity contribution in [3.8, 4) is 0 Å². The van der Waals surface area contributed by atoms with Crippen molar-refractivity contribution in [3.05, 3.63) is 0 Å². The van der Waals surface area contributed by atoms with Crippen LogP contribution in [0.1, 0.15) is 25.7 Å². The molecule has 0 aliphatic heterocycles. The lowest BCUT2D eigenvalue weighted by molar-refractivity contribution is 0.0792. The maximum atomic E-state index is 9.16. The van der Waals surface area contributed by atoms with Crippen molar-refractivity contribution in [1.82, 2.24) is 5.32 Å². The minimum atomic E-state index is -0.597. The van der Waals surface area contributed by atoms with E-state index in [0.29, 0.717) is 5.92 Å². The van der Waals surface area contributed by atoms with Crippen LogP contribution in [0.3, 0.4) is 0 Å². The Morgan fingerprint density at radius 3 is 2.42 bits per heavy atom. The lowest BCUT2D eigenvalue weighted by atomic mass is 9.81. The van der Waals surface area contributed by atoms with Gasteiger partial charge >= 0.3 is 0 Å². The monoisotopic (exact) mass is 172 g/mol. The quantitative estimate of drug-likeness (QED) is 0.536. The van der Waals surface area contributed by atoms with Crippen LogP contribution in [0.4, 0.5) is 0 Å². The molecule has 3 nitrogen and oxygen atoms in total. The molecule has 1 aliphatic carbocycles. The Balaban J connectivity index is 2.20. The lowest BCUT2D eigenvalue weighted by Gasteiger charge is -2.29. The molecule has 0 radical (unpaired) electrons. The van der Waals surface area contributed by atoms with Gasteiger partial charge in [0.2, 0.25) is 0 Å². The minimum Gasteiger partial charge on any atom is -0.379 e. The van der Waals surface area contributed by atoms with Crippen molar-refractivity contribution in [1.29, 1.82) is 0 Å². The van der Waals surface area contributed by atoms with Crippen molar-refractivity contribution in [2.24, 2.45) is 17.6 Å². The summed E-state index contributed by atoms with van der Waals surface area (Å²) in [6.45, 7) is 1.10. The number of rotatable bonds is 3. The van der Waals surface area contributed by atoms with E-state index in [1.54, 1.807) is 0 Å². The van der Waals surface area contributed by atoms with Gasteiger partial charge in [0.05, 0.1) is 0 Å². The zero-order valence-electron chi connectivity index (χ0n) is 7.79. The third kappa shape index (κ3) is 2.73. The Hall–Kier alpha value is -0.120. The van der Waals surface area contributed by atoms with E-state index in [4.69, 9.17) is 10.8 Å². The summed E-state index contributed by atoms with van der Waals surface area (Å²) in [6, 6.07) is 0. The highest BCUT2D eigenvalue weighted by Gasteiger charge is 2.23. The van der Waals surface area contributed by atoms with Crippen molar-refractivity contribution in [3.63, 3.8) is 0 Å². The zero-order valence-corrected chi connectivity index (χ0v) is 7.79. The smallest absolute Gasteiger partial charge is 0.105 e. The highest BCUT2D eigenvalue weighted by molar-refractivity contribution is 4.75. The van der Waals surface area contributed by atoms with Gasteiger partial charge in [0.15, 0.2) is 0 Å². The third-order valence-corrected chi connectivity index (χ3v) is 2.87. The number of nitrogens with two attached hydrogens (primary N) is 1. The van der Waals surface area contributed by atoms with Gasteiger partial charge < -0.3 is 16.2 Å². The molecule has 72 valence electrons. The number of aliphatic hydroxyl groups is 1. The Labute approximate surface area is 74.3 Å². The van der Waals surface area contributed by atoms with Crippen LogP contribution >= 0.6 is 0 Å². The summed E-state index contributed by atoms with van der Waals surface area (Å²) < 4.78 is 0. The molecule has 1 aliphatic rings. The normalized spacial score (nSPS) is 33.2. The average molecular weight is 172 g/mol. The molecule has 3 heteroatoms. The molecule has 0 aromatic carbocycles. The number of nitrogens with one attached hydrogen (secondary N) is 1. The fourth-order valence-corrected chi connectivity index (χ4v) is 2.02. The molecule has 1 unspecified atom stereocenters. The third-order valence-electron chi connectivity index (χ3n) is 2.87. The Morgan fingerprint density at radius 1 is 1.42 bits per heavy atom. The molecule has 0 aromatic rings. The van der Waals surface area contributed by atoms with Crippen LogP contribution < -0.4 is 11.1 Å². The molecule has 0 aromatic heterocycles. The van der Waals surface area contributed by atoms with Gasteiger partial charge in [-0.1, -0.05) is 0 Å². The van der Waals surface area contributed by atoms with Crippen LogP contribution in [-0.4, -0.2) is 24.9 Å². The van der Waals surface area contributed by atoms with Gasteiger partial charge in [0.25, 0.3) is 0 Å². The van der Waals surface area contributed by atoms with Crippen LogP contribution in [0.2, 0.25) is 0 Å². The molecular formula is C9H20N2O. The van der Waals surface area contributed by atoms with Gasteiger partial charge in [-0.2, -0.15) is 0 Å². The van der Waals surface area contributed by atoms with E-state index >= 15 is 0 Å². The summed E-state index contributed by atoms with van der Waals surface area (Å²) >= 11 is 0. The van der Waals surface area contributed by atoms with E-state index < -0.39 is 6.23 Å². The summed E-state index contributed by atoms with van der Waals surface area (Å²) in [7, 11) is 1.99. The van der Waals surface area contributed by atoms with Gasteiger partial charge in [0.1, 0.15) is 6.23 Å². The highest BCUT2D eigenvalue weighted by atomic mass is 16.3. The SMILES string of the molecule is CNCC1CCC(C(N)O)CC1. The van der Waals surface area contributed by atoms with Crippen molar-refractivity contribution in [2.45, 2.75) is 31.9 Å². The number of aliphatic hydroxyl groups excluding tert-OH is 1. The molecule has 0 saturated heterocycles. The largest absolute Gasteiger partial charge is 0.379 e. The summed E-state index contributed by atoms with van der Waals surface area (Å²) in [4.78, 5) is 0. The predicted octanol–water partition coefficient (Wildman–Crippen LogP) is 0.289. The first kappa shape index (κ1) is 9.96. The van der Waals surface area contributed by atoms with Gasteiger partial charge in [0, 0.05) is 0 Å². The first-order valence-electron chi connectivity index (χ1n) is 4.82. The molecule has 0 amide bonds. The van der Waals surface area contributed by atoms with E-state index in [2.05, 4.69) is 5.32 Å². The summed E-state index contributed by atoms with van der Waals surface area (Å²) in [5, 5.41) is 12.3. The molecule has 0 heterocycles. The highest BCUT2D eigenvalue weighted by Crippen LogP contribution is 2.29. The van der Waals surface area contributed by atoms with E-state index in [-0.39, 0.29) is 0 Å². The van der Waals surface area contributed by atoms with Crippen molar-refractivity contribution < 1.29 is 5.11 Å². The number of hydrogen-bond acceptors (Lipinski definition) is 3. The van der Waals surface area contributed by atoms with Crippen LogP contribution in [0.15, 0.2) is 0 Å². The number of hydrogen-bond donors (Lipinski definition) is 3. The van der Waals surface area contributed by atoms with Crippen LogP contribution in [-0.2, 0) is 0 Å². The van der Waals surface area contributed by atoms with E-state index in [9.17, 15) is 0 Å². The average Bonchev–Trinajstić information content (AvgIpc) is 2.06. The molecule has 1 fully saturated rings. The first-order chi connectivity index (χ1) is 5.74. The zero-order chi connectivity index (χ0) is 8.97. The Bertz CT molecular complexity index is 120. The van der Waals surface area contributed by atoms with Crippen molar-refractivity contribution in [2.75, 3.05) is 13.6 Å². The van der Waals surface area contributed by atoms with Crippen LogP contribution in [0.5, 0.6) is 0 Å². The Kier molecular flexibility index (Phi) is 3.98. The fraction of sp³-hybridized carbons (Fsp3) is 1.00. The van der Waals surface area contributed by atoms with Gasteiger partial charge in [-0.05, 0) is 51.1 Å². The van der Waals surface area contributed by atoms with Crippen molar-refractivity contribution >= 4 is 0 Å². The summed E-state index contributed by atoms with van der Waals surface area (Å²) in [6.07, 6.45) is 3.99. The predicted molar refractivity (Wildman–Crippen MR) is 49.6 cm³/mol. The second-order valence-electron chi connectivity index (χ2n) is 3.83. The van der Waals surface area contributed by atoms with Crippen LogP contribution in [0, 0.1) is 11.8 Å². The molecule has 0 spiro atoms. The molecule has 1 atom stereocenters. The molecule has 4 N–H and O–H groups in total. The standard InChI is InChI=1S/C9H20N2O/c1-11-6-7-2-4-8(5-3-7)9(10)12/h7-9,11-12H,2-6,10H2,1H3. The second kappa shape index (κ2) is 4.80. The van der Waals surface area contributed by atoms with Crippen LogP contribution in [0.25, 0.3) is 0 Å². The molecule has 1 rings (SSSR count). The first-order valence-corrected chi connectivity index (χ1v) is 4.82. The van der Waals surface area contributed by atoms with Gasteiger partial charge in [-0.25, -0.2) is 0 Å². The maximum absolute atomic E-state index is 9.16. The molecule has 0 bridgehead atoms. The minimum absolute atomic E-state index is 0.345. The molecule has 1 saturated carbocycles.